The molecule has 168 valence electrons. The van der Waals surface area contributed by atoms with E-state index in [9.17, 15) is 9.59 Å². The second-order valence-electron chi connectivity index (χ2n) is 9.00. The van der Waals surface area contributed by atoms with Crippen LogP contribution in [0.2, 0.25) is 0 Å². The predicted molar refractivity (Wildman–Crippen MR) is 125 cm³/mol. The zero-order chi connectivity index (χ0) is 22.9. The molecule has 1 fully saturated rings. The summed E-state index contributed by atoms with van der Waals surface area (Å²) >= 11 is 11.5. The molecule has 32 heavy (non-hydrogen) atoms. The molecule has 0 aliphatic heterocycles. The van der Waals surface area contributed by atoms with Gasteiger partial charge in [0.25, 0.3) is 5.91 Å². The largest absolute Gasteiger partial charge is 0.489 e. The summed E-state index contributed by atoms with van der Waals surface area (Å²) < 4.78 is 6.07. The highest BCUT2D eigenvalue weighted by molar-refractivity contribution is 6.55. The zero-order valence-corrected chi connectivity index (χ0v) is 19.6. The van der Waals surface area contributed by atoms with Gasteiger partial charge in [0.2, 0.25) is 5.91 Å². The van der Waals surface area contributed by atoms with Crippen molar-refractivity contribution in [3.8, 4) is 5.75 Å². The number of hydrogen-bond donors (Lipinski definition) is 2. The normalized spacial score (nSPS) is 20.1. The average Bonchev–Trinajstić information content (AvgIpc) is 3.09. The van der Waals surface area contributed by atoms with Gasteiger partial charge in [-0.2, -0.15) is 0 Å². The maximum absolute atomic E-state index is 12.5. The van der Waals surface area contributed by atoms with Crippen molar-refractivity contribution in [2.24, 2.45) is 17.3 Å². The highest BCUT2D eigenvalue weighted by Crippen LogP contribution is 2.59. The van der Waals surface area contributed by atoms with E-state index in [0.29, 0.717) is 12.2 Å². The Bertz CT molecular complexity index is 1080. The molecule has 2 aromatic rings. The van der Waals surface area contributed by atoms with Gasteiger partial charge < -0.3 is 4.74 Å². The maximum atomic E-state index is 12.5. The lowest BCUT2D eigenvalue weighted by molar-refractivity contribution is -0.123. The second-order valence-corrected chi connectivity index (χ2v) is 10.0. The summed E-state index contributed by atoms with van der Waals surface area (Å²) in [6.45, 7) is 4.28. The van der Waals surface area contributed by atoms with Crippen molar-refractivity contribution >= 4 is 35.0 Å². The number of halogens is 2. The minimum atomic E-state index is -0.390. The first-order valence-corrected chi connectivity index (χ1v) is 11.5. The third-order valence-electron chi connectivity index (χ3n) is 6.46. The van der Waals surface area contributed by atoms with Gasteiger partial charge in [0, 0.05) is 5.56 Å². The van der Waals surface area contributed by atoms with E-state index in [4.69, 9.17) is 27.9 Å². The van der Waals surface area contributed by atoms with Crippen LogP contribution in [0.15, 0.2) is 53.0 Å². The second kappa shape index (κ2) is 9.16. The molecule has 2 amide bonds. The fourth-order valence-corrected chi connectivity index (χ4v) is 4.77. The molecule has 0 unspecified atom stereocenters. The molecule has 2 aromatic carbocycles. The predicted octanol–water partition coefficient (Wildman–Crippen LogP) is 5.11. The van der Waals surface area contributed by atoms with E-state index in [1.807, 2.05) is 26.0 Å². The molecule has 0 radical (unpaired) electrons. The van der Waals surface area contributed by atoms with Gasteiger partial charge in [0.05, 0.1) is 5.92 Å². The van der Waals surface area contributed by atoms with Crippen LogP contribution in [0.4, 0.5) is 0 Å². The number of rotatable bonds is 6. The van der Waals surface area contributed by atoms with Gasteiger partial charge in [0.1, 0.15) is 16.8 Å². The monoisotopic (exact) mass is 472 g/mol. The molecule has 2 atom stereocenters. The van der Waals surface area contributed by atoms with Gasteiger partial charge in [-0.05, 0) is 77.6 Å². The number of hydrogen-bond acceptors (Lipinski definition) is 3. The Hall–Kier alpha value is -2.50. The molecule has 2 aliphatic carbocycles. The molecular weight excluding hydrogens is 447 g/mol. The van der Waals surface area contributed by atoms with Crippen molar-refractivity contribution in [3.05, 3.63) is 75.3 Å². The summed E-state index contributed by atoms with van der Waals surface area (Å²) in [5.74, 6) is -0.194. The maximum Gasteiger partial charge on any atom is 0.269 e. The van der Waals surface area contributed by atoms with E-state index < -0.39 is 5.91 Å². The van der Waals surface area contributed by atoms with Gasteiger partial charge >= 0.3 is 0 Å². The molecule has 0 spiro atoms. The lowest BCUT2D eigenvalue weighted by Gasteiger charge is -2.11. The summed E-state index contributed by atoms with van der Waals surface area (Å²) in [6.07, 6.45) is 5.10. The minimum absolute atomic E-state index is 0.0657. The minimum Gasteiger partial charge on any atom is -0.489 e. The number of ether oxygens (including phenoxy) is 1. The molecular formula is C25H26Cl2N2O3. The third kappa shape index (κ3) is 4.94. The van der Waals surface area contributed by atoms with Crippen molar-refractivity contribution < 1.29 is 14.3 Å². The first-order chi connectivity index (χ1) is 15.3. The van der Waals surface area contributed by atoms with Crippen molar-refractivity contribution in [1.29, 1.82) is 0 Å². The number of nitrogens with one attached hydrogen (secondary N) is 2. The van der Waals surface area contributed by atoms with E-state index in [0.717, 1.165) is 24.2 Å². The topological polar surface area (TPSA) is 67.4 Å². The van der Waals surface area contributed by atoms with E-state index in [-0.39, 0.29) is 27.6 Å². The standard InChI is InChI=1S/C25H26Cl2N2O3/c1-25(2)20(13-21(26)27)22(25)24(31)29-28-23(30)18-8-3-5-15(11-18)14-32-19-10-9-16-6-4-7-17(16)12-19/h3,5,8-13,20,22H,4,6-7,14H2,1-2H3,(H,28,30)(H,29,31)/t20-,22+/m1/s1. The average molecular weight is 473 g/mol. The summed E-state index contributed by atoms with van der Waals surface area (Å²) in [4.78, 5) is 25.0. The Morgan fingerprint density at radius 3 is 2.66 bits per heavy atom. The van der Waals surface area contributed by atoms with Crippen LogP contribution >= 0.6 is 23.2 Å². The summed E-state index contributed by atoms with van der Waals surface area (Å²) in [5, 5.41) is 0. The molecule has 5 nitrogen and oxygen atoms in total. The van der Waals surface area contributed by atoms with Crippen LogP contribution in [0, 0.1) is 17.3 Å². The van der Waals surface area contributed by atoms with Gasteiger partial charge in [-0.15, -0.1) is 0 Å². The number of benzene rings is 2. The van der Waals surface area contributed by atoms with Crippen molar-refractivity contribution in [1.82, 2.24) is 10.9 Å². The van der Waals surface area contributed by atoms with Crippen LogP contribution in [0.3, 0.4) is 0 Å². The van der Waals surface area contributed by atoms with E-state index in [1.165, 1.54) is 17.5 Å². The molecule has 0 saturated heterocycles. The highest BCUT2D eigenvalue weighted by atomic mass is 35.5. The van der Waals surface area contributed by atoms with E-state index >= 15 is 0 Å². The van der Waals surface area contributed by atoms with Gasteiger partial charge in [-0.25, -0.2) is 0 Å². The summed E-state index contributed by atoms with van der Waals surface area (Å²) in [6, 6.07) is 13.4. The number of amides is 2. The Morgan fingerprint density at radius 1 is 1.09 bits per heavy atom. The highest BCUT2D eigenvalue weighted by Gasteiger charge is 2.60. The Balaban J connectivity index is 1.31. The van der Waals surface area contributed by atoms with Crippen LogP contribution < -0.4 is 15.6 Å². The van der Waals surface area contributed by atoms with Gasteiger partial charge in [-0.3, -0.25) is 20.4 Å². The first-order valence-electron chi connectivity index (χ1n) is 10.7. The van der Waals surface area contributed by atoms with Crippen molar-refractivity contribution in [2.75, 3.05) is 0 Å². The van der Waals surface area contributed by atoms with Crippen LogP contribution in [-0.4, -0.2) is 11.8 Å². The molecule has 7 heteroatoms. The zero-order valence-electron chi connectivity index (χ0n) is 18.1. The fourth-order valence-electron chi connectivity index (χ4n) is 4.50. The number of carbonyl (C=O) groups excluding carboxylic acids is 2. The van der Waals surface area contributed by atoms with Crippen LogP contribution in [0.5, 0.6) is 5.75 Å². The van der Waals surface area contributed by atoms with Crippen molar-refractivity contribution in [2.45, 2.75) is 39.7 Å². The molecule has 4 rings (SSSR count). The molecule has 0 heterocycles. The Labute approximate surface area is 198 Å². The smallest absolute Gasteiger partial charge is 0.269 e. The molecule has 0 aromatic heterocycles. The number of carbonyl (C=O) groups is 2. The quantitative estimate of drug-likeness (QED) is 0.574. The van der Waals surface area contributed by atoms with Gasteiger partial charge in [-0.1, -0.05) is 55.2 Å². The SMILES string of the molecule is CC1(C)[C@H](C=C(Cl)Cl)[C@H]1C(=O)NNC(=O)c1cccc(COc2ccc3c(c2)CCC3)c1. The van der Waals surface area contributed by atoms with Crippen LogP contribution in [0.25, 0.3) is 0 Å². The number of fused-ring (bicyclic) bond motifs is 1. The number of aryl methyl sites for hydroxylation is 2. The van der Waals surface area contributed by atoms with E-state index in [2.05, 4.69) is 23.0 Å². The first kappa shape index (κ1) is 22.7. The molecule has 0 bridgehead atoms. The van der Waals surface area contributed by atoms with E-state index in [1.54, 1.807) is 24.3 Å². The molecule has 1 saturated carbocycles. The van der Waals surface area contributed by atoms with Crippen molar-refractivity contribution in [3.63, 3.8) is 0 Å². The molecule has 2 N–H and O–H groups in total. The number of hydrazine groups is 1. The Kier molecular flexibility index (Phi) is 6.50. The summed E-state index contributed by atoms with van der Waals surface area (Å²) in [7, 11) is 0. The van der Waals surface area contributed by atoms with Gasteiger partial charge in [0.15, 0.2) is 0 Å². The molecule has 2 aliphatic rings. The Morgan fingerprint density at radius 2 is 1.88 bits per heavy atom. The number of allylic oxidation sites excluding steroid dienone is 1. The van der Waals surface area contributed by atoms with Crippen LogP contribution in [-0.2, 0) is 24.2 Å². The fraction of sp³-hybridized carbons (Fsp3) is 0.360. The summed E-state index contributed by atoms with van der Waals surface area (Å²) in [5.41, 5.74) is 8.82. The van der Waals surface area contributed by atoms with Crippen LogP contribution in [0.1, 0.15) is 47.3 Å². The third-order valence-corrected chi connectivity index (χ3v) is 6.71. The lowest BCUT2D eigenvalue weighted by Crippen LogP contribution is -2.43. The lowest BCUT2D eigenvalue weighted by atomic mass is 10.1.